The third kappa shape index (κ3) is 4.35. The van der Waals surface area contributed by atoms with Crippen LogP contribution in [0.3, 0.4) is 0 Å². The molecule has 0 saturated carbocycles. The van der Waals surface area contributed by atoms with Crippen LogP contribution in [0.2, 0.25) is 0 Å². The van der Waals surface area contributed by atoms with E-state index >= 15 is 0 Å². The van der Waals surface area contributed by atoms with Crippen molar-refractivity contribution in [3.63, 3.8) is 0 Å². The highest BCUT2D eigenvalue weighted by Crippen LogP contribution is 2.51. The Kier molecular flexibility index (Phi) is 6.25. The number of thiophene rings is 1. The molecule has 9 rings (SSSR count). The zero-order chi connectivity index (χ0) is 29.7. The van der Waals surface area contributed by atoms with Gasteiger partial charge in [0, 0.05) is 32.4 Å². The molecule has 0 N–H and O–H groups in total. The van der Waals surface area contributed by atoms with Crippen molar-refractivity contribution in [1.29, 1.82) is 0 Å². The average molecular weight is 591 g/mol. The van der Waals surface area contributed by atoms with Crippen molar-refractivity contribution in [1.82, 2.24) is 0 Å². The van der Waals surface area contributed by atoms with E-state index in [1.807, 2.05) is 11.3 Å². The lowest BCUT2D eigenvalue weighted by Crippen LogP contribution is -2.22. The van der Waals surface area contributed by atoms with Gasteiger partial charge in [-0.25, -0.2) is 0 Å². The average Bonchev–Trinajstić information content (AvgIpc) is 3.51. The van der Waals surface area contributed by atoms with E-state index in [1.54, 1.807) is 0 Å². The molecule has 2 aliphatic rings. The number of rotatable bonds is 4. The molecule has 1 heterocycles. The van der Waals surface area contributed by atoms with Crippen molar-refractivity contribution in [2.24, 2.45) is 5.92 Å². The van der Waals surface area contributed by atoms with E-state index in [0.29, 0.717) is 0 Å². The van der Waals surface area contributed by atoms with Gasteiger partial charge in [-0.2, -0.15) is 0 Å². The molecule has 1 heteroatoms. The predicted octanol–water partition coefficient (Wildman–Crippen LogP) is 12.1. The molecule has 2 aliphatic carbocycles. The van der Waals surface area contributed by atoms with Crippen molar-refractivity contribution < 1.29 is 0 Å². The van der Waals surface area contributed by atoms with Crippen molar-refractivity contribution >= 4 is 37.8 Å². The fourth-order valence-electron chi connectivity index (χ4n) is 7.51. The lowest BCUT2D eigenvalue weighted by Gasteiger charge is -2.37. The third-order valence-electron chi connectivity index (χ3n) is 9.48. The van der Waals surface area contributed by atoms with Gasteiger partial charge >= 0.3 is 0 Å². The minimum absolute atomic E-state index is 0.251. The van der Waals surface area contributed by atoms with Crippen molar-refractivity contribution in [2.75, 3.05) is 0 Å². The second-order valence-corrected chi connectivity index (χ2v) is 13.1. The Morgan fingerprint density at radius 2 is 1.29 bits per heavy atom. The van der Waals surface area contributed by atoms with Crippen LogP contribution in [0.1, 0.15) is 28.2 Å². The van der Waals surface area contributed by atoms with Crippen LogP contribution in [0, 0.1) is 5.92 Å². The zero-order valence-corrected chi connectivity index (χ0v) is 25.5. The first-order chi connectivity index (χ1) is 22.3. The first-order valence-electron chi connectivity index (χ1n) is 15.7. The summed E-state index contributed by atoms with van der Waals surface area (Å²) in [5.74, 6) is 0.509. The van der Waals surface area contributed by atoms with Gasteiger partial charge in [-0.05, 0) is 67.4 Å². The highest BCUT2D eigenvalue weighted by Gasteiger charge is 2.35. The molecule has 0 bridgehead atoms. The quantitative estimate of drug-likeness (QED) is 0.191. The van der Waals surface area contributed by atoms with Gasteiger partial charge in [-0.1, -0.05) is 158 Å². The largest absolute Gasteiger partial charge is 0.135 e. The highest BCUT2D eigenvalue weighted by molar-refractivity contribution is 7.23. The third-order valence-corrected chi connectivity index (χ3v) is 10.7. The van der Waals surface area contributed by atoms with Gasteiger partial charge in [0.05, 0.1) is 0 Å². The maximum atomic E-state index is 2.43. The topological polar surface area (TPSA) is 0 Å². The summed E-state index contributed by atoms with van der Waals surface area (Å²) in [5.41, 5.74) is 12.0. The molecule has 7 aromatic rings. The van der Waals surface area contributed by atoms with Crippen LogP contribution in [-0.4, -0.2) is 0 Å². The predicted molar refractivity (Wildman–Crippen MR) is 193 cm³/mol. The second-order valence-electron chi connectivity index (χ2n) is 12.0. The van der Waals surface area contributed by atoms with Gasteiger partial charge in [-0.3, -0.25) is 0 Å². The maximum absolute atomic E-state index is 2.43. The minimum Gasteiger partial charge on any atom is -0.135 e. The van der Waals surface area contributed by atoms with Crippen LogP contribution in [0.5, 0.6) is 0 Å². The van der Waals surface area contributed by atoms with E-state index in [9.17, 15) is 0 Å². The number of hydrogen-bond acceptors (Lipinski definition) is 1. The summed E-state index contributed by atoms with van der Waals surface area (Å²) in [6, 6.07) is 53.7. The zero-order valence-electron chi connectivity index (χ0n) is 24.7. The lowest BCUT2D eigenvalue weighted by molar-refractivity contribution is 0.649. The first-order valence-corrected chi connectivity index (χ1v) is 16.5. The SMILES string of the molecule is C1=CC2=C(c3cccc(-c4sc5ccccc5c4-c4ccccc4)c3)c3ccccc3C(c3ccc4ccccc4c3)C2C=C1. The van der Waals surface area contributed by atoms with E-state index in [-0.39, 0.29) is 11.8 Å². The van der Waals surface area contributed by atoms with Crippen LogP contribution in [0.4, 0.5) is 0 Å². The molecule has 0 amide bonds. The smallest absolute Gasteiger partial charge is 0.0434 e. The van der Waals surface area contributed by atoms with Crippen LogP contribution in [0.15, 0.2) is 175 Å². The van der Waals surface area contributed by atoms with Crippen LogP contribution < -0.4 is 0 Å². The fraction of sp³-hybridized carbons (Fsp3) is 0.0455. The molecule has 1 aromatic heterocycles. The second kappa shape index (κ2) is 10.7. The van der Waals surface area contributed by atoms with E-state index < -0.39 is 0 Å². The molecule has 2 atom stereocenters. The molecule has 0 spiro atoms. The van der Waals surface area contributed by atoms with Gasteiger partial charge in [0.1, 0.15) is 0 Å². The highest BCUT2D eigenvalue weighted by atomic mass is 32.1. The standard InChI is InChI=1S/C44H30S/c1-2-14-30(15-3-1)43-39-23-10-11-24-40(39)45-44(43)34-18-12-17-32(28-34)41-35-19-6-8-21-37(35)42(38-22-9-7-20-36(38)41)33-26-25-29-13-4-5-16-31(29)27-33/h1-28,37,42H. The Morgan fingerprint density at radius 3 is 2.22 bits per heavy atom. The van der Waals surface area contributed by atoms with Gasteiger partial charge in [0.25, 0.3) is 0 Å². The Bertz CT molecular complexity index is 2330. The molecular formula is C44H30S. The Hall–Kier alpha value is -5.24. The van der Waals surface area contributed by atoms with E-state index in [2.05, 4.69) is 170 Å². The van der Waals surface area contributed by atoms with E-state index in [0.717, 1.165) is 0 Å². The minimum atomic E-state index is 0.251. The molecule has 0 nitrogen and oxygen atoms in total. The summed E-state index contributed by atoms with van der Waals surface area (Å²) >= 11 is 1.89. The molecule has 0 saturated heterocycles. The molecular weight excluding hydrogens is 561 g/mol. The molecule has 212 valence electrons. The van der Waals surface area contributed by atoms with Crippen LogP contribution >= 0.6 is 11.3 Å². The summed E-state index contributed by atoms with van der Waals surface area (Å²) in [7, 11) is 0. The molecule has 45 heavy (non-hydrogen) atoms. The molecule has 6 aromatic carbocycles. The Labute approximate surface area is 268 Å². The van der Waals surface area contributed by atoms with Crippen molar-refractivity contribution in [3.05, 3.63) is 198 Å². The normalized spacial score (nSPS) is 17.1. The van der Waals surface area contributed by atoms with Crippen molar-refractivity contribution in [3.8, 4) is 21.6 Å². The van der Waals surface area contributed by atoms with Crippen molar-refractivity contribution in [2.45, 2.75) is 5.92 Å². The summed E-state index contributed by atoms with van der Waals surface area (Å²) in [6.07, 6.45) is 9.20. The van der Waals surface area contributed by atoms with Gasteiger partial charge < -0.3 is 0 Å². The Balaban J connectivity index is 1.24. The van der Waals surface area contributed by atoms with E-state index in [1.165, 1.54) is 75.8 Å². The summed E-state index contributed by atoms with van der Waals surface area (Å²) < 4.78 is 1.32. The van der Waals surface area contributed by atoms with Crippen LogP contribution in [-0.2, 0) is 0 Å². The van der Waals surface area contributed by atoms with E-state index in [4.69, 9.17) is 0 Å². The van der Waals surface area contributed by atoms with Gasteiger partial charge in [0.2, 0.25) is 0 Å². The van der Waals surface area contributed by atoms with Gasteiger partial charge in [-0.15, -0.1) is 11.3 Å². The summed E-state index contributed by atoms with van der Waals surface area (Å²) in [5, 5.41) is 3.90. The number of hydrogen-bond donors (Lipinski definition) is 0. The summed E-state index contributed by atoms with van der Waals surface area (Å²) in [6.45, 7) is 0. The Morgan fingerprint density at radius 1 is 0.533 bits per heavy atom. The molecule has 2 unspecified atom stereocenters. The lowest BCUT2D eigenvalue weighted by atomic mass is 9.66. The van der Waals surface area contributed by atoms with Crippen LogP contribution in [0.25, 0.3) is 48.0 Å². The molecule has 0 radical (unpaired) electrons. The monoisotopic (exact) mass is 590 g/mol. The maximum Gasteiger partial charge on any atom is 0.0434 e. The van der Waals surface area contributed by atoms with Gasteiger partial charge in [0.15, 0.2) is 0 Å². The molecule has 0 fully saturated rings. The summed E-state index contributed by atoms with van der Waals surface area (Å²) in [4.78, 5) is 1.32. The number of benzene rings is 6. The number of allylic oxidation sites excluding steroid dienone is 5. The molecule has 0 aliphatic heterocycles. The fourth-order valence-corrected chi connectivity index (χ4v) is 8.73. The number of fused-ring (bicyclic) bond motifs is 4. The first kappa shape index (κ1) is 26.2.